The van der Waals surface area contributed by atoms with E-state index in [-0.39, 0.29) is 0 Å². The lowest BCUT2D eigenvalue weighted by molar-refractivity contribution is -0.00814. The second-order valence-corrected chi connectivity index (χ2v) is 6.35. The Morgan fingerprint density at radius 3 is 2.70 bits per heavy atom. The van der Waals surface area contributed by atoms with Crippen molar-refractivity contribution in [1.29, 1.82) is 0 Å². The summed E-state index contributed by atoms with van der Waals surface area (Å²) in [4.78, 5) is 2.63. The fourth-order valence-corrected chi connectivity index (χ4v) is 3.86. The van der Waals surface area contributed by atoms with Crippen molar-refractivity contribution < 1.29 is 4.74 Å². The Morgan fingerprint density at radius 1 is 1.20 bits per heavy atom. The second kappa shape index (κ2) is 5.86. The van der Waals surface area contributed by atoms with Crippen LogP contribution in [0.3, 0.4) is 0 Å². The van der Waals surface area contributed by atoms with E-state index in [1.807, 2.05) is 4.68 Å². The zero-order valence-electron chi connectivity index (χ0n) is 13.1. The number of rotatable bonds is 3. The molecule has 4 nitrogen and oxygen atoms in total. The van der Waals surface area contributed by atoms with Gasteiger partial charge in [0.05, 0.1) is 11.8 Å². The van der Waals surface area contributed by atoms with Crippen molar-refractivity contribution in [3.63, 3.8) is 0 Å². The van der Waals surface area contributed by atoms with Gasteiger partial charge in [-0.05, 0) is 52.5 Å². The molecule has 2 atom stereocenters. The first-order chi connectivity index (χ1) is 9.66. The first-order valence-corrected chi connectivity index (χ1v) is 8.02. The molecule has 0 saturated carbocycles. The number of likely N-dealkylation sites (tertiary alicyclic amines) is 1. The number of hydrogen-bond acceptors (Lipinski definition) is 3. The predicted molar refractivity (Wildman–Crippen MR) is 79.8 cm³/mol. The average molecular weight is 277 g/mol. The Hall–Kier alpha value is -0.870. The van der Waals surface area contributed by atoms with E-state index in [0.717, 1.165) is 13.2 Å². The van der Waals surface area contributed by atoms with Crippen LogP contribution in [0.2, 0.25) is 0 Å². The zero-order chi connectivity index (χ0) is 14.1. The molecule has 1 aromatic heterocycles. The summed E-state index contributed by atoms with van der Waals surface area (Å²) in [6.45, 7) is 7.60. The van der Waals surface area contributed by atoms with Gasteiger partial charge >= 0.3 is 0 Å². The third kappa shape index (κ3) is 2.63. The van der Waals surface area contributed by atoms with Gasteiger partial charge in [0.25, 0.3) is 0 Å². The van der Waals surface area contributed by atoms with E-state index in [2.05, 4.69) is 30.9 Å². The van der Waals surface area contributed by atoms with Gasteiger partial charge in [0, 0.05) is 37.5 Å². The van der Waals surface area contributed by atoms with Crippen molar-refractivity contribution in [3.8, 4) is 0 Å². The van der Waals surface area contributed by atoms with E-state index < -0.39 is 0 Å². The molecule has 2 saturated heterocycles. The van der Waals surface area contributed by atoms with Crippen molar-refractivity contribution in [2.45, 2.75) is 58.1 Å². The van der Waals surface area contributed by atoms with E-state index in [1.54, 1.807) is 0 Å². The highest BCUT2D eigenvalue weighted by Gasteiger charge is 2.32. The van der Waals surface area contributed by atoms with Crippen molar-refractivity contribution >= 4 is 0 Å². The lowest BCUT2D eigenvalue weighted by Gasteiger charge is -2.31. The molecule has 3 rings (SSSR count). The van der Waals surface area contributed by atoms with E-state index in [9.17, 15) is 0 Å². The predicted octanol–water partition coefficient (Wildman–Crippen LogP) is 2.74. The molecule has 2 fully saturated rings. The molecule has 2 aliphatic rings. The highest BCUT2D eigenvalue weighted by Crippen LogP contribution is 2.36. The minimum atomic E-state index is 0.446. The highest BCUT2D eigenvalue weighted by atomic mass is 16.5. The minimum absolute atomic E-state index is 0.446. The first-order valence-electron chi connectivity index (χ1n) is 8.02. The maximum atomic E-state index is 5.93. The Kier molecular flexibility index (Phi) is 4.13. The lowest BCUT2D eigenvalue weighted by atomic mass is 10.0. The van der Waals surface area contributed by atoms with Crippen LogP contribution >= 0.6 is 0 Å². The monoisotopic (exact) mass is 277 g/mol. The van der Waals surface area contributed by atoms with E-state index >= 15 is 0 Å². The zero-order valence-corrected chi connectivity index (χ0v) is 13.1. The molecule has 0 spiro atoms. The molecule has 0 aromatic carbocycles. The van der Waals surface area contributed by atoms with Crippen LogP contribution in [0.4, 0.5) is 0 Å². The summed E-state index contributed by atoms with van der Waals surface area (Å²) in [5, 5.41) is 4.60. The molecule has 0 amide bonds. The third-order valence-corrected chi connectivity index (χ3v) is 4.97. The molecule has 2 aliphatic heterocycles. The molecule has 0 N–H and O–H groups in total. The van der Waals surface area contributed by atoms with E-state index in [4.69, 9.17) is 4.74 Å². The SMILES string of the molecule is Cc1nn(C)c(C)c1C1CCCN1CC1CCCCO1. The smallest absolute Gasteiger partial charge is 0.0702 e. The van der Waals surface area contributed by atoms with E-state index in [1.165, 1.54) is 55.6 Å². The van der Waals surface area contributed by atoms with Gasteiger partial charge in [-0.2, -0.15) is 5.10 Å². The molecule has 20 heavy (non-hydrogen) atoms. The van der Waals surface area contributed by atoms with Crippen molar-refractivity contribution in [2.24, 2.45) is 7.05 Å². The molecule has 0 aliphatic carbocycles. The average Bonchev–Trinajstić information content (AvgIpc) is 2.97. The summed E-state index contributed by atoms with van der Waals surface area (Å²) in [7, 11) is 2.05. The van der Waals surface area contributed by atoms with Gasteiger partial charge in [-0.25, -0.2) is 0 Å². The third-order valence-electron chi connectivity index (χ3n) is 4.97. The largest absolute Gasteiger partial charge is 0.377 e. The summed E-state index contributed by atoms with van der Waals surface area (Å²) >= 11 is 0. The van der Waals surface area contributed by atoms with Gasteiger partial charge in [0.1, 0.15) is 0 Å². The maximum absolute atomic E-state index is 5.93. The quantitative estimate of drug-likeness (QED) is 0.851. The molecule has 0 radical (unpaired) electrons. The molecule has 3 heterocycles. The fraction of sp³-hybridized carbons (Fsp3) is 0.812. The second-order valence-electron chi connectivity index (χ2n) is 6.35. The normalized spacial score (nSPS) is 28.1. The van der Waals surface area contributed by atoms with Gasteiger partial charge in [-0.1, -0.05) is 0 Å². The van der Waals surface area contributed by atoms with Crippen LogP contribution in [0.1, 0.15) is 55.1 Å². The molecule has 1 aromatic rings. The summed E-state index contributed by atoms with van der Waals surface area (Å²) in [6.07, 6.45) is 6.80. The van der Waals surface area contributed by atoms with Crippen molar-refractivity contribution in [1.82, 2.24) is 14.7 Å². The van der Waals surface area contributed by atoms with Gasteiger partial charge in [-0.3, -0.25) is 9.58 Å². The van der Waals surface area contributed by atoms with Gasteiger partial charge in [0.2, 0.25) is 0 Å². The van der Waals surface area contributed by atoms with E-state index in [0.29, 0.717) is 12.1 Å². The summed E-state index contributed by atoms with van der Waals surface area (Å²) in [6, 6.07) is 0.550. The van der Waals surface area contributed by atoms with Crippen LogP contribution in [0.25, 0.3) is 0 Å². The molecule has 2 unspecified atom stereocenters. The number of aryl methyl sites for hydroxylation is 2. The lowest BCUT2D eigenvalue weighted by Crippen LogP contribution is -2.35. The van der Waals surface area contributed by atoms with Crippen LogP contribution < -0.4 is 0 Å². The van der Waals surface area contributed by atoms with Crippen LogP contribution in [-0.4, -0.2) is 40.5 Å². The van der Waals surface area contributed by atoms with Crippen LogP contribution in [0.5, 0.6) is 0 Å². The number of hydrogen-bond donors (Lipinski definition) is 0. The Bertz CT molecular complexity index is 463. The molecular weight excluding hydrogens is 250 g/mol. The summed E-state index contributed by atoms with van der Waals surface area (Å²) in [5.41, 5.74) is 3.98. The first kappa shape index (κ1) is 14.1. The number of aromatic nitrogens is 2. The number of ether oxygens (including phenoxy) is 1. The van der Waals surface area contributed by atoms with Crippen molar-refractivity contribution in [3.05, 3.63) is 17.0 Å². The Labute approximate surface area is 122 Å². The topological polar surface area (TPSA) is 30.3 Å². The standard InChI is InChI=1S/C16H27N3O/c1-12-16(13(2)18(3)17-12)15-8-6-9-19(15)11-14-7-4-5-10-20-14/h14-15H,4-11H2,1-3H3. The Balaban J connectivity index is 1.74. The molecule has 112 valence electrons. The van der Waals surface area contributed by atoms with Crippen LogP contribution in [-0.2, 0) is 11.8 Å². The van der Waals surface area contributed by atoms with Gasteiger partial charge in [0.15, 0.2) is 0 Å². The van der Waals surface area contributed by atoms with Gasteiger partial charge in [-0.15, -0.1) is 0 Å². The van der Waals surface area contributed by atoms with Crippen molar-refractivity contribution in [2.75, 3.05) is 19.7 Å². The molecule has 4 heteroatoms. The maximum Gasteiger partial charge on any atom is 0.0702 e. The number of nitrogens with zero attached hydrogens (tertiary/aromatic N) is 3. The summed E-state index contributed by atoms with van der Waals surface area (Å²) < 4.78 is 7.95. The summed E-state index contributed by atoms with van der Waals surface area (Å²) in [5.74, 6) is 0. The fourth-order valence-electron chi connectivity index (χ4n) is 3.86. The molecular formula is C16H27N3O. The van der Waals surface area contributed by atoms with Crippen LogP contribution in [0.15, 0.2) is 0 Å². The minimum Gasteiger partial charge on any atom is -0.377 e. The van der Waals surface area contributed by atoms with Crippen LogP contribution in [0, 0.1) is 13.8 Å². The highest BCUT2D eigenvalue weighted by molar-refractivity contribution is 5.29. The Morgan fingerprint density at radius 2 is 2.05 bits per heavy atom. The molecule has 0 bridgehead atoms. The van der Waals surface area contributed by atoms with Gasteiger partial charge < -0.3 is 4.74 Å².